The molecule has 1 aliphatic rings. The first-order valence-electron chi connectivity index (χ1n) is 9.33. The van der Waals surface area contributed by atoms with Crippen molar-refractivity contribution in [2.45, 2.75) is 30.7 Å². The number of rotatable bonds is 6. The summed E-state index contributed by atoms with van der Waals surface area (Å²) < 4.78 is 38.6. The zero-order valence-electron chi connectivity index (χ0n) is 15.8. The lowest BCUT2D eigenvalue weighted by atomic mass is 10.2. The zero-order chi connectivity index (χ0) is 20.4. The van der Waals surface area contributed by atoms with Crippen LogP contribution >= 0.6 is 11.6 Å². The van der Waals surface area contributed by atoms with E-state index in [0.29, 0.717) is 42.1 Å². The number of ether oxygens (including phenoxy) is 1. The molecule has 0 bridgehead atoms. The van der Waals surface area contributed by atoms with Crippen LogP contribution in [0.5, 0.6) is 5.75 Å². The van der Waals surface area contributed by atoms with Gasteiger partial charge in [-0.05, 0) is 68.3 Å². The maximum atomic E-state index is 13.2. The molecule has 0 radical (unpaired) electrons. The quantitative estimate of drug-likeness (QED) is 0.575. The molecule has 0 saturated carbocycles. The summed E-state index contributed by atoms with van der Waals surface area (Å²) in [7, 11) is -3.70. The van der Waals surface area contributed by atoms with Gasteiger partial charge in [0.25, 0.3) is 0 Å². The molecule has 2 aromatic carbocycles. The topological polar surface area (TPSA) is 85.5 Å². The molecule has 0 N–H and O–H groups in total. The van der Waals surface area contributed by atoms with E-state index in [0.717, 1.165) is 12.0 Å². The number of aromatic nitrogens is 2. The fraction of sp³-hybridized carbons (Fsp3) is 0.300. The molecule has 0 spiro atoms. The van der Waals surface area contributed by atoms with Gasteiger partial charge in [-0.1, -0.05) is 16.8 Å². The molecule has 1 fully saturated rings. The molecule has 152 valence electrons. The zero-order valence-corrected chi connectivity index (χ0v) is 17.4. The van der Waals surface area contributed by atoms with Gasteiger partial charge >= 0.3 is 0 Å². The number of halogens is 1. The average Bonchev–Trinajstić information content (AvgIpc) is 3.39. The molecule has 9 heteroatoms. The summed E-state index contributed by atoms with van der Waals surface area (Å²) in [4.78, 5) is 4.65. The molecular formula is C20H20ClN3O4S. The lowest BCUT2D eigenvalue weighted by Crippen LogP contribution is -2.30. The highest BCUT2D eigenvalue weighted by atomic mass is 35.5. The largest absolute Gasteiger partial charge is 0.494 e. The fourth-order valence-corrected chi connectivity index (χ4v) is 5.15. The van der Waals surface area contributed by atoms with E-state index >= 15 is 0 Å². The summed E-state index contributed by atoms with van der Waals surface area (Å²) in [6.07, 6.45) is 1.35. The minimum Gasteiger partial charge on any atom is -0.494 e. The van der Waals surface area contributed by atoms with E-state index in [-0.39, 0.29) is 4.90 Å². The Labute approximate surface area is 174 Å². The van der Waals surface area contributed by atoms with Gasteiger partial charge in [-0.3, -0.25) is 0 Å². The van der Waals surface area contributed by atoms with Crippen molar-refractivity contribution >= 4 is 21.6 Å². The van der Waals surface area contributed by atoms with Crippen LogP contribution in [-0.2, 0) is 10.0 Å². The van der Waals surface area contributed by atoms with E-state index in [9.17, 15) is 8.42 Å². The smallest absolute Gasteiger partial charge is 0.245 e. The molecule has 4 rings (SSSR count). The van der Waals surface area contributed by atoms with Gasteiger partial charge in [-0.15, -0.1) is 0 Å². The molecule has 0 amide bonds. The Morgan fingerprint density at radius 1 is 1.17 bits per heavy atom. The van der Waals surface area contributed by atoms with Crippen molar-refractivity contribution in [1.29, 1.82) is 0 Å². The lowest BCUT2D eigenvalue weighted by Gasteiger charge is -2.21. The molecule has 7 nitrogen and oxygen atoms in total. The Hall–Kier alpha value is -2.42. The summed E-state index contributed by atoms with van der Waals surface area (Å²) in [6, 6.07) is 13.0. The third-order valence-electron chi connectivity index (χ3n) is 4.77. The first-order chi connectivity index (χ1) is 14.0. The standard InChI is InChI=1S/C20H20ClN3O4S/c1-2-27-16-9-11-17(12-10-16)29(25,26)24-13-3-4-18(24)20-22-19(23-28-20)14-5-7-15(21)8-6-14/h5-12,18H,2-4,13H2,1H3. The molecule has 1 saturated heterocycles. The monoisotopic (exact) mass is 433 g/mol. The number of benzene rings is 2. The van der Waals surface area contributed by atoms with Crippen molar-refractivity contribution in [1.82, 2.24) is 14.4 Å². The third-order valence-corrected chi connectivity index (χ3v) is 6.95. The SMILES string of the molecule is CCOc1ccc(S(=O)(=O)N2CCCC2c2nc(-c3ccc(Cl)cc3)no2)cc1. The van der Waals surface area contributed by atoms with E-state index in [1.54, 1.807) is 48.5 Å². The molecule has 2 heterocycles. The highest BCUT2D eigenvalue weighted by Crippen LogP contribution is 2.36. The lowest BCUT2D eigenvalue weighted by molar-refractivity contribution is 0.290. The molecule has 1 aromatic heterocycles. The van der Waals surface area contributed by atoms with Gasteiger partial charge in [0.2, 0.25) is 21.7 Å². The first kappa shape index (κ1) is 19.9. The average molecular weight is 434 g/mol. The predicted octanol–water partition coefficient (Wildman–Crippen LogP) is 4.31. The maximum Gasteiger partial charge on any atom is 0.245 e. The normalized spacial score (nSPS) is 17.5. The van der Waals surface area contributed by atoms with Crippen LogP contribution < -0.4 is 4.74 Å². The highest BCUT2D eigenvalue weighted by molar-refractivity contribution is 7.89. The van der Waals surface area contributed by atoms with Crippen molar-refractivity contribution in [2.24, 2.45) is 0 Å². The van der Waals surface area contributed by atoms with Crippen LogP contribution in [0.25, 0.3) is 11.4 Å². The summed E-state index contributed by atoms with van der Waals surface area (Å²) in [5, 5.41) is 4.63. The van der Waals surface area contributed by atoms with Crippen LogP contribution in [0.15, 0.2) is 57.9 Å². The minimum atomic E-state index is -3.70. The fourth-order valence-electron chi connectivity index (χ4n) is 3.37. The van der Waals surface area contributed by atoms with Crippen LogP contribution in [0.1, 0.15) is 31.7 Å². The Kier molecular flexibility index (Phi) is 5.58. The van der Waals surface area contributed by atoms with E-state index in [1.807, 2.05) is 6.92 Å². The van der Waals surface area contributed by atoms with Crippen molar-refractivity contribution in [2.75, 3.05) is 13.2 Å². The third kappa shape index (κ3) is 4.01. The Morgan fingerprint density at radius 2 is 1.90 bits per heavy atom. The number of nitrogens with zero attached hydrogens (tertiary/aromatic N) is 3. The Balaban J connectivity index is 1.59. The van der Waals surface area contributed by atoms with Crippen molar-refractivity contribution in [3.8, 4) is 17.1 Å². The van der Waals surface area contributed by atoms with Crippen molar-refractivity contribution < 1.29 is 17.7 Å². The summed E-state index contributed by atoms with van der Waals surface area (Å²) >= 11 is 5.92. The highest BCUT2D eigenvalue weighted by Gasteiger charge is 2.39. The second-order valence-corrected chi connectivity index (χ2v) is 8.97. The van der Waals surface area contributed by atoms with Crippen LogP contribution in [0.4, 0.5) is 0 Å². The molecule has 29 heavy (non-hydrogen) atoms. The predicted molar refractivity (Wildman–Crippen MR) is 108 cm³/mol. The number of hydrogen-bond donors (Lipinski definition) is 0. The van der Waals surface area contributed by atoms with Gasteiger partial charge in [-0.2, -0.15) is 9.29 Å². The van der Waals surface area contributed by atoms with Crippen LogP contribution in [-0.4, -0.2) is 36.0 Å². The van der Waals surface area contributed by atoms with Crippen LogP contribution in [0, 0.1) is 0 Å². The Morgan fingerprint density at radius 3 is 2.59 bits per heavy atom. The first-order valence-corrected chi connectivity index (χ1v) is 11.1. The van der Waals surface area contributed by atoms with Gasteiger partial charge in [-0.25, -0.2) is 8.42 Å². The van der Waals surface area contributed by atoms with Crippen LogP contribution in [0.3, 0.4) is 0 Å². The van der Waals surface area contributed by atoms with Gasteiger partial charge in [0.15, 0.2) is 0 Å². The van der Waals surface area contributed by atoms with E-state index in [1.165, 1.54) is 4.31 Å². The summed E-state index contributed by atoms with van der Waals surface area (Å²) in [5.74, 6) is 1.33. The Bertz CT molecular complexity index is 1080. The molecular weight excluding hydrogens is 414 g/mol. The second-order valence-electron chi connectivity index (χ2n) is 6.64. The molecule has 1 atom stereocenters. The van der Waals surface area contributed by atoms with Gasteiger partial charge < -0.3 is 9.26 Å². The number of hydrogen-bond acceptors (Lipinski definition) is 6. The van der Waals surface area contributed by atoms with Crippen molar-refractivity contribution in [3.63, 3.8) is 0 Å². The summed E-state index contributed by atoms with van der Waals surface area (Å²) in [5.41, 5.74) is 0.753. The van der Waals surface area contributed by atoms with Gasteiger partial charge in [0.1, 0.15) is 11.8 Å². The minimum absolute atomic E-state index is 0.213. The maximum absolute atomic E-state index is 13.2. The van der Waals surface area contributed by atoms with Crippen LogP contribution in [0.2, 0.25) is 5.02 Å². The van der Waals surface area contributed by atoms with Crippen molar-refractivity contribution in [3.05, 3.63) is 59.4 Å². The van der Waals surface area contributed by atoms with E-state index in [4.69, 9.17) is 20.9 Å². The molecule has 3 aromatic rings. The van der Waals surface area contributed by atoms with E-state index in [2.05, 4.69) is 10.1 Å². The van der Waals surface area contributed by atoms with E-state index < -0.39 is 16.1 Å². The van der Waals surface area contributed by atoms with Gasteiger partial charge in [0.05, 0.1) is 11.5 Å². The van der Waals surface area contributed by atoms with Gasteiger partial charge in [0, 0.05) is 17.1 Å². The number of sulfonamides is 1. The summed E-state index contributed by atoms with van der Waals surface area (Å²) in [6.45, 7) is 2.80. The molecule has 1 aliphatic heterocycles. The molecule has 0 aliphatic carbocycles. The second kappa shape index (κ2) is 8.14. The molecule has 1 unspecified atom stereocenters.